The second-order valence-corrected chi connectivity index (χ2v) is 5.66. The summed E-state index contributed by atoms with van der Waals surface area (Å²) in [4.78, 5) is 11.9. The molecule has 15 heavy (non-hydrogen) atoms. The summed E-state index contributed by atoms with van der Waals surface area (Å²) in [5, 5.41) is 0. The summed E-state index contributed by atoms with van der Waals surface area (Å²) in [6.45, 7) is 2.65. The van der Waals surface area contributed by atoms with Gasteiger partial charge < -0.3 is 4.57 Å². The third-order valence-corrected chi connectivity index (χ3v) is 4.13. The normalized spacial score (nSPS) is 17.8. The minimum Gasteiger partial charge on any atom is -0.314 e. The van der Waals surface area contributed by atoms with Crippen LogP contribution in [0, 0.1) is 12.3 Å². The van der Waals surface area contributed by atoms with Gasteiger partial charge in [0.25, 0.3) is 5.56 Å². The van der Waals surface area contributed by atoms with Crippen LogP contribution in [0.4, 0.5) is 0 Å². The van der Waals surface area contributed by atoms with Crippen molar-refractivity contribution in [1.82, 2.24) is 4.57 Å². The van der Waals surface area contributed by atoms with Crippen LogP contribution in [0.3, 0.4) is 0 Å². The Morgan fingerprint density at radius 2 is 2.27 bits per heavy atom. The van der Waals surface area contributed by atoms with Crippen molar-refractivity contribution in [2.24, 2.45) is 5.41 Å². The number of thiol groups is 1. The van der Waals surface area contributed by atoms with E-state index in [1.54, 1.807) is 0 Å². The minimum atomic E-state index is 0.117. The molecule has 0 aliphatic heterocycles. The third-order valence-electron chi connectivity index (χ3n) is 3.03. The Labute approximate surface area is 103 Å². The molecular formula is C11H14BrNOS. The molecule has 1 fully saturated rings. The minimum absolute atomic E-state index is 0.117. The van der Waals surface area contributed by atoms with E-state index in [0.29, 0.717) is 0 Å². The average Bonchev–Trinajstić information content (AvgIpc) is 2.94. The maximum absolute atomic E-state index is 11.9. The summed E-state index contributed by atoms with van der Waals surface area (Å²) >= 11 is 7.77. The van der Waals surface area contributed by atoms with Crippen molar-refractivity contribution in [2.75, 3.05) is 5.75 Å². The number of aryl methyl sites for hydroxylation is 1. The highest BCUT2D eigenvalue weighted by molar-refractivity contribution is 9.10. The van der Waals surface area contributed by atoms with E-state index in [1.165, 1.54) is 12.8 Å². The molecule has 4 heteroatoms. The van der Waals surface area contributed by atoms with Gasteiger partial charge in [0.15, 0.2) is 0 Å². The summed E-state index contributed by atoms with van der Waals surface area (Å²) < 4.78 is 2.78. The summed E-state index contributed by atoms with van der Waals surface area (Å²) in [6.07, 6.45) is 4.25. The van der Waals surface area contributed by atoms with Gasteiger partial charge in [0.05, 0.1) is 0 Å². The van der Waals surface area contributed by atoms with Gasteiger partial charge in [-0.15, -0.1) is 0 Å². The van der Waals surface area contributed by atoms with E-state index < -0.39 is 0 Å². The predicted molar refractivity (Wildman–Crippen MR) is 68.7 cm³/mol. The van der Waals surface area contributed by atoms with Crippen LogP contribution in [0.1, 0.15) is 18.4 Å². The summed E-state index contributed by atoms with van der Waals surface area (Å²) in [6, 6.07) is 1.86. The molecule has 0 aromatic carbocycles. The molecule has 1 aliphatic carbocycles. The quantitative estimate of drug-likeness (QED) is 0.849. The number of rotatable bonds is 3. The zero-order chi connectivity index (χ0) is 11.1. The summed E-state index contributed by atoms with van der Waals surface area (Å²) in [5.41, 5.74) is 1.19. The standard InChI is InChI=1S/C11H14BrNOS/c1-8-4-9(12)5-13(10(8)14)6-11(7-15)2-3-11/h4-5,15H,2-3,6-7H2,1H3. The first-order valence-corrected chi connectivity index (χ1v) is 6.46. The Balaban J connectivity index is 2.32. The number of nitrogens with zero attached hydrogens (tertiary/aromatic N) is 1. The molecular weight excluding hydrogens is 274 g/mol. The van der Waals surface area contributed by atoms with Crippen LogP contribution in [-0.2, 0) is 6.54 Å². The monoisotopic (exact) mass is 287 g/mol. The van der Waals surface area contributed by atoms with E-state index in [2.05, 4.69) is 28.6 Å². The van der Waals surface area contributed by atoms with Crippen molar-refractivity contribution >= 4 is 28.6 Å². The first kappa shape index (κ1) is 11.3. The molecule has 1 aromatic rings. The number of aromatic nitrogens is 1. The molecule has 0 unspecified atom stereocenters. The Morgan fingerprint density at radius 3 is 2.80 bits per heavy atom. The van der Waals surface area contributed by atoms with Gasteiger partial charge in [0.1, 0.15) is 0 Å². The second-order valence-electron chi connectivity index (χ2n) is 4.43. The molecule has 0 N–H and O–H groups in total. The van der Waals surface area contributed by atoms with Crippen molar-refractivity contribution in [1.29, 1.82) is 0 Å². The van der Waals surface area contributed by atoms with E-state index >= 15 is 0 Å². The first-order chi connectivity index (χ1) is 7.06. The highest BCUT2D eigenvalue weighted by atomic mass is 79.9. The van der Waals surface area contributed by atoms with Crippen LogP contribution >= 0.6 is 28.6 Å². The van der Waals surface area contributed by atoms with E-state index in [9.17, 15) is 4.79 Å². The highest BCUT2D eigenvalue weighted by Crippen LogP contribution is 2.47. The van der Waals surface area contributed by atoms with E-state index in [0.717, 1.165) is 22.3 Å². The van der Waals surface area contributed by atoms with Gasteiger partial charge in [-0.1, -0.05) is 0 Å². The van der Waals surface area contributed by atoms with E-state index in [4.69, 9.17) is 0 Å². The molecule has 0 atom stereocenters. The van der Waals surface area contributed by atoms with Crippen LogP contribution in [0.5, 0.6) is 0 Å². The van der Waals surface area contributed by atoms with Crippen LogP contribution in [-0.4, -0.2) is 10.3 Å². The Morgan fingerprint density at radius 1 is 1.60 bits per heavy atom. The molecule has 2 rings (SSSR count). The van der Waals surface area contributed by atoms with Crippen molar-refractivity contribution in [2.45, 2.75) is 26.3 Å². The van der Waals surface area contributed by atoms with Crippen LogP contribution in [0.25, 0.3) is 0 Å². The van der Waals surface area contributed by atoms with Crippen molar-refractivity contribution in [3.8, 4) is 0 Å². The zero-order valence-corrected chi connectivity index (χ0v) is 11.1. The van der Waals surface area contributed by atoms with Gasteiger partial charge in [-0.05, 0) is 52.9 Å². The number of halogens is 1. The Bertz CT molecular complexity index is 437. The molecule has 0 spiro atoms. The fourth-order valence-electron chi connectivity index (χ4n) is 1.76. The highest BCUT2D eigenvalue weighted by Gasteiger charge is 2.41. The molecule has 0 saturated heterocycles. The number of hydrogen-bond acceptors (Lipinski definition) is 2. The molecule has 1 aliphatic rings. The second kappa shape index (κ2) is 3.98. The SMILES string of the molecule is Cc1cc(Br)cn(CC2(CS)CC2)c1=O. The van der Waals surface area contributed by atoms with Gasteiger partial charge in [-0.25, -0.2) is 0 Å². The van der Waals surface area contributed by atoms with E-state index in [1.807, 2.05) is 23.8 Å². The van der Waals surface area contributed by atoms with Gasteiger partial charge in [-0.2, -0.15) is 12.6 Å². The van der Waals surface area contributed by atoms with Crippen molar-refractivity contribution in [3.63, 3.8) is 0 Å². The molecule has 0 bridgehead atoms. The predicted octanol–water partition coefficient (Wildman–Crippen LogP) is 2.63. The average molecular weight is 288 g/mol. The first-order valence-electron chi connectivity index (χ1n) is 5.04. The molecule has 0 amide bonds. The molecule has 0 radical (unpaired) electrons. The third kappa shape index (κ3) is 2.31. The molecule has 1 saturated carbocycles. The van der Waals surface area contributed by atoms with E-state index in [-0.39, 0.29) is 11.0 Å². The van der Waals surface area contributed by atoms with Gasteiger partial charge in [0.2, 0.25) is 0 Å². The molecule has 1 heterocycles. The van der Waals surface area contributed by atoms with Gasteiger partial charge in [0, 0.05) is 22.8 Å². The van der Waals surface area contributed by atoms with Crippen LogP contribution in [0.15, 0.2) is 21.5 Å². The summed E-state index contributed by atoms with van der Waals surface area (Å²) in [5.74, 6) is 0.866. The zero-order valence-electron chi connectivity index (χ0n) is 8.66. The van der Waals surface area contributed by atoms with Crippen LogP contribution in [0.2, 0.25) is 0 Å². The van der Waals surface area contributed by atoms with Crippen LogP contribution < -0.4 is 5.56 Å². The fourth-order valence-corrected chi connectivity index (χ4v) is 2.77. The van der Waals surface area contributed by atoms with Gasteiger partial charge >= 0.3 is 0 Å². The maximum atomic E-state index is 11.9. The number of hydrogen-bond donors (Lipinski definition) is 1. The maximum Gasteiger partial charge on any atom is 0.253 e. The lowest BCUT2D eigenvalue weighted by molar-refractivity contribution is 0.462. The summed E-state index contributed by atoms with van der Waals surface area (Å²) in [7, 11) is 0. The molecule has 82 valence electrons. The fraction of sp³-hybridized carbons (Fsp3) is 0.545. The van der Waals surface area contributed by atoms with Crippen molar-refractivity contribution < 1.29 is 0 Å². The van der Waals surface area contributed by atoms with Crippen molar-refractivity contribution in [3.05, 3.63) is 32.7 Å². The molecule has 1 aromatic heterocycles. The topological polar surface area (TPSA) is 22.0 Å². The smallest absolute Gasteiger partial charge is 0.253 e. The number of pyridine rings is 1. The molecule has 2 nitrogen and oxygen atoms in total. The lowest BCUT2D eigenvalue weighted by atomic mass is 10.1. The Hall–Kier alpha value is -0.220. The lowest BCUT2D eigenvalue weighted by Crippen LogP contribution is -2.26. The Kier molecular flexibility index (Phi) is 2.99. The largest absolute Gasteiger partial charge is 0.314 e. The lowest BCUT2D eigenvalue weighted by Gasteiger charge is -2.14. The van der Waals surface area contributed by atoms with Gasteiger partial charge in [-0.3, -0.25) is 4.79 Å².